The van der Waals surface area contributed by atoms with E-state index in [0.717, 1.165) is 20.7 Å². The number of aromatic nitrogens is 3. The number of anilines is 1. The fourth-order valence-electron chi connectivity index (χ4n) is 3.01. The third-order valence-electron chi connectivity index (χ3n) is 4.43. The van der Waals surface area contributed by atoms with Crippen LogP contribution in [0.25, 0.3) is 0 Å². The van der Waals surface area contributed by atoms with Crippen molar-refractivity contribution in [3.05, 3.63) is 26.7 Å². The van der Waals surface area contributed by atoms with Crippen LogP contribution in [-0.4, -0.2) is 76.1 Å². The van der Waals surface area contributed by atoms with Crippen molar-refractivity contribution in [2.45, 2.75) is 22.7 Å². The Morgan fingerprint density at radius 2 is 2.18 bits per heavy atom. The van der Waals surface area contributed by atoms with Crippen LogP contribution >= 0.6 is 58.0 Å². The summed E-state index contributed by atoms with van der Waals surface area (Å²) in [4.78, 5) is 42.9. The van der Waals surface area contributed by atoms with Gasteiger partial charge in [-0.05, 0) is 6.92 Å². The Bertz CT molecular complexity index is 1180. The van der Waals surface area contributed by atoms with Gasteiger partial charge in [-0.15, -0.1) is 45.1 Å². The summed E-state index contributed by atoms with van der Waals surface area (Å²) in [7, 11) is 0. The van der Waals surface area contributed by atoms with Gasteiger partial charge in [0.05, 0.1) is 5.08 Å². The molecule has 0 bridgehead atoms. The van der Waals surface area contributed by atoms with Gasteiger partial charge < -0.3 is 21.4 Å². The number of fused-ring (bicyclic) bond motifs is 1. The molecule has 0 aliphatic carbocycles. The molecule has 2 atom stereocenters. The number of nitrogens with zero attached hydrogens (tertiary/aromatic N) is 5. The van der Waals surface area contributed by atoms with E-state index < -0.39 is 29.2 Å². The number of nitrogens with two attached hydrogens (primary N) is 1. The Kier molecular flexibility index (Phi) is 7.13. The van der Waals surface area contributed by atoms with Crippen molar-refractivity contribution in [3.63, 3.8) is 0 Å². The van der Waals surface area contributed by atoms with Gasteiger partial charge in [0.15, 0.2) is 15.2 Å². The van der Waals surface area contributed by atoms with Crippen LogP contribution in [0.5, 0.6) is 0 Å². The Morgan fingerprint density at radius 1 is 1.39 bits per heavy atom. The molecule has 1 saturated heterocycles. The summed E-state index contributed by atoms with van der Waals surface area (Å²) in [5.41, 5.74) is 5.15. The molecule has 2 aromatic rings. The second kappa shape index (κ2) is 9.88. The fourth-order valence-corrected chi connectivity index (χ4v) is 8.36. The van der Waals surface area contributed by atoms with Crippen LogP contribution < -0.4 is 11.1 Å². The Morgan fingerprint density at radius 3 is 2.79 bits per heavy atom. The number of β-lactam (4-membered cyclic amide) rings is 1. The molecule has 12 nitrogen and oxygen atoms in total. The van der Waals surface area contributed by atoms with E-state index in [1.165, 1.54) is 56.9 Å². The number of carboxylic acids is 1. The summed E-state index contributed by atoms with van der Waals surface area (Å²) in [6.45, 7) is 1.85. The van der Waals surface area contributed by atoms with E-state index in [0.29, 0.717) is 15.7 Å². The van der Waals surface area contributed by atoms with Gasteiger partial charge in [0, 0.05) is 16.0 Å². The maximum absolute atomic E-state index is 12.8. The molecule has 4 rings (SSSR count). The zero-order chi connectivity index (χ0) is 23.7. The van der Waals surface area contributed by atoms with Crippen LogP contribution in [0, 0.1) is 6.92 Å². The molecule has 0 radical (unpaired) electrons. The molecule has 17 heteroatoms. The van der Waals surface area contributed by atoms with Gasteiger partial charge >= 0.3 is 5.97 Å². The smallest absolute Gasteiger partial charge is 0.353 e. The minimum atomic E-state index is -1.21. The molecule has 2 aliphatic rings. The van der Waals surface area contributed by atoms with Crippen LogP contribution in [0.3, 0.4) is 0 Å². The van der Waals surface area contributed by atoms with E-state index in [1.54, 1.807) is 0 Å². The minimum absolute atomic E-state index is 0.0744. The van der Waals surface area contributed by atoms with E-state index in [2.05, 4.69) is 25.7 Å². The van der Waals surface area contributed by atoms with Crippen LogP contribution in [-0.2, 0) is 14.4 Å². The van der Waals surface area contributed by atoms with E-state index in [4.69, 9.17) is 5.73 Å². The zero-order valence-electron chi connectivity index (χ0n) is 16.6. The highest BCUT2D eigenvalue weighted by Crippen LogP contribution is 2.44. The number of oxime groups is 1. The molecule has 4 heterocycles. The molecule has 0 unspecified atom stereocenters. The van der Waals surface area contributed by atoms with Crippen molar-refractivity contribution in [2.24, 2.45) is 5.16 Å². The number of hydrogen-bond acceptors (Lipinski definition) is 14. The first-order valence-electron chi connectivity index (χ1n) is 9.01. The predicted octanol–water partition coefficient (Wildman–Crippen LogP) is 1.24. The van der Waals surface area contributed by atoms with Gasteiger partial charge in [0.1, 0.15) is 27.8 Å². The van der Waals surface area contributed by atoms with Crippen molar-refractivity contribution in [1.29, 1.82) is 0 Å². The minimum Gasteiger partial charge on any atom is -0.477 e. The number of amides is 2. The second-order valence-electron chi connectivity index (χ2n) is 6.45. The number of aliphatic carboxylic acids is 1. The Balaban J connectivity index is 1.43. The van der Waals surface area contributed by atoms with Crippen LogP contribution in [0.2, 0.25) is 0 Å². The monoisotopic (exact) mass is 545 g/mol. The molecule has 2 aromatic heterocycles. The van der Waals surface area contributed by atoms with E-state index in [-0.39, 0.29) is 22.2 Å². The predicted molar refractivity (Wildman–Crippen MR) is 127 cm³/mol. The highest BCUT2D eigenvalue weighted by Gasteiger charge is 2.54. The number of rotatable bonds is 8. The van der Waals surface area contributed by atoms with Gasteiger partial charge in [0.25, 0.3) is 11.8 Å². The molecule has 2 amide bonds. The third-order valence-corrected chi connectivity index (χ3v) is 9.76. The van der Waals surface area contributed by atoms with Crippen molar-refractivity contribution in [1.82, 2.24) is 25.4 Å². The lowest BCUT2D eigenvalue weighted by molar-refractivity contribution is -0.150. The van der Waals surface area contributed by atoms with Crippen LogP contribution in [0.4, 0.5) is 5.13 Å². The molecule has 0 aromatic carbocycles. The summed E-state index contributed by atoms with van der Waals surface area (Å²) in [6, 6.07) is -0.963. The summed E-state index contributed by atoms with van der Waals surface area (Å²) in [5, 5.41) is 34.8. The number of carboxylic acid groups (broad SMARTS) is 1. The number of hydrogen-bond donors (Lipinski definition) is 4. The van der Waals surface area contributed by atoms with Gasteiger partial charge in [0.2, 0.25) is 0 Å². The van der Waals surface area contributed by atoms with Crippen molar-refractivity contribution in [3.8, 4) is 0 Å². The highest BCUT2D eigenvalue weighted by molar-refractivity contribution is 8.18. The average Bonchev–Trinajstić information content (AvgIpc) is 3.39. The van der Waals surface area contributed by atoms with Crippen molar-refractivity contribution < 1.29 is 24.7 Å². The first-order chi connectivity index (χ1) is 15.8. The summed E-state index contributed by atoms with van der Waals surface area (Å²) >= 11 is 6.63. The Labute approximate surface area is 207 Å². The normalized spacial score (nSPS) is 20.5. The summed E-state index contributed by atoms with van der Waals surface area (Å²) < 4.78 is 0.782. The number of nitrogens with one attached hydrogen (secondary N) is 1. The van der Waals surface area contributed by atoms with Crippen molar-refractivity contribution >= 4 is 86.6 Å². The number of nitrogen functional groups attached to an aromatic ring is 1. The zero-order valence-corrected chi connectivity index (χ0v) is 20.7. The van der Waals surface area contributed by atoms with Crippen LogP contribution in [0.15, 0.2) is 25.5 Å². The van der Waals surface area contributed by atoms with Crippen LogP contribution in [0.1, 0.15) is 10.7 Å². The van der Waals surface area contributed by atoms with E-state index in [9.17, 15) is 24.7 Å². The molecule has 33 heavy (non-hydrogen) atoms. The average molecular weight is 546 g/mol. The number of thioether (sulfide) groups is 3. The first-order valence-corrected chi connectivity index (χ1v) is 13.7. The number of aryl methyl sites for hydroxylation is 1. The largest absolute Gasteiger partial charge is 0.477 e. The lowest BCUT2D eigenvalue weighted by Gasteiger charge is -2.49. The fraction of sp³-hybridized carbons (Fsp3) is 0.312. The van der Waals surface area contributed by atoms with Gasteiger partial charge in [-0.3, -0.25) is 14.5 Å². The maximum Gasteiger partial charge on any atom is 0.353 e. The van der Waals surface area contributed by atoms with Gasteiger partial charge in [-0.1, -0.05) is 28.3 Å². The highest BCUT2D eigenvalue weighted by atomic mass is 32.2. The molecule has 1 fully saturated rings. The molecule has 174 valence electrons. The summed E-state index contributed by atoms with van der Waals surface area (Å²) in [6.07, 6.45) is 0. The molecule has 0 spiro atoms. The first kappa shape index (κ1) is 23.8. The molecule has 0 saturated carbocycles. The molecule has 2 aliphatic heterocycles. The number of carbonyl (C=O) groups is 3. The molecule has 5 N–H and O–H groups in total. The summed E-state index contributed by atoms with van der Waals surface area (Å²) in [5.74, 6) is -2.22. The van der Waals surface area contributed by atoms with Gasteiger partial charge in [-0.25, -0.2) is 9.78 Å². The number of carbonyl (C=O) groups excluding carboxylic acids is 2. The lowest BCUT2D eigenvalue weighted by atomic mass is 10.0. The third kappa shape index (κ3) is 4.81. The Hall–Kier alpha value is -2.34. The van der Waals surface area contributed by atoms with E-state index in [1.807, 2.05) is 6.92 Å². The topological polar surface area (TPSA) is 184 Å². The molecular weight excluding hydrogens is 531 g/mol. The van der Waals surface area contributed by atoms with E-state index >= 15 is 0 Å². The maximum atomic E-state index is 12.8. The van der Waals surface area contributed by atoms with Gasteiger partial charge in [-0.2, -0.15) is 0 Å². The SMILES string of the molecule is Cc1nnc(SCSC2=C(C(=O)O)N3C(=O)[C@@H](NC(=O)/C(=N/O)c4csc(N)n4)[C@H]3SC2)s1. The molecular formula is C16H15N7O5S5. The van der Waals surface area contributed by atoms with Crippen molar-refractivity contribution in [2.75, 3.05) is 16.6 Å². The lowest BCUT2D eigenvalue weighted by Crippen LogP contribution is -2.71. The number of thiazole rings is 1. The standard InChI is InChI=1S/C16H15N7O5S5/c1-5-20-21-16(33-5)32-4-31-7-3-29-13-9(12(25)23(13)10(7)14(26)27)19-11(24)8(22-28)6-2-30-15(17)18-6/h2,9,13,28H,3-4H2,1H3,(H2,17,18)(H,19,24)(H,26,27)/b22-8+/t9-,13-/m1/s1. The second-order valence-corrected chi connectivity index (χ2v) is 12.3. The quantitative estimate of drug-likeness (QED) is 0.0930.